The molecule has 1 unspecified atom stereocenters. The quantitative estimate of drug-likeness (QED) is 0.723. The van der Waals surface area contributed by atoms with Gasteiger partial charge in [-0.25, -0.2) is 4.98 Å². The number of carbonyl (C=O) groups excluding carboxylic acids is 2. The molecule has 0 saturated carbocycles. The summed E-state index contributed by atoms with van der Waals surface area (Å²) >= 11 is 1.21. The van der Waals surface area contributed by atoms with Crippen LogP contribution >= 0.6 is 11.3 Å². The van der Waals surface area contributed by atoms with Crippen LogP contribution in [0.15, 0.2) is 39.5 Å². The Kier molecular flexibility index (Phi) is 6.01. The fraction of sp³-hybridized carbons (Fsp3) is 0.429. The van der Waals surface area contributed by atoms with E-state index in [0.29, 0.717) is 54.1 Å². The van der Waals surface area contributed by atoms with Crippen molar-refractivity contribution in [2.75, 3.05) is 25.1 Å². The Bertz CT molecular complexity index is 939. The van der Waals surface area contributed by atoms with Gasteiger partial charge in [-0.05, 0) is 37.0 Å². The molecule has 7 nitrogen and oxygen atoms in total. The van der Waals surface area contributed by atoms with Crippen molar-refractivity contribution >= 4 is 34.4 Å². The molecule has 4 rings (SSSR count). The number of furan rings is 1. The molecule has 1 amide bonds. The highest BCUT2D eigenvalue weighted by Gasteiger charge is 2.30. The third kappa shape index (κ3) is 4.38. The fourth-order valence-corrected chi connectivity index (χ4v) is 4.46. The number of amides is 1. The van der Waals surface area contributed by atoms with E-state index in [1.807, 2.05) is 19.2 Å². The molecule has 2 aliphatic heterocycles. The normalized spacial score (nSPS) is 19.8. The highest BCUT2D eigenvalue weighted by molar-refractivity contribution is 7.18. The molecule has 0 spiro atoms. The Morgan fingerprint density at radius 3 is 2.86 bits per heavy atom. The van der Waals surface area contributed by atoms with Crippen LogP contribution in [0.4, 0.5) is 5.13 Å². The lowest BCUT2D eigenvalue weighted by Crippen LogP contribution is -2.25. The van der Waals surface area contributed by atoms with Crippen LogP contribution in [0.5, 0.6) is 0 Å². The van der Waals surface area contributed by atoms with E-state index in [9.17, 15) is 9.59 Å². The summed E-state index contributed by atoms with van der Waals surface area (Å²) in [4.78, 5) is 35.2. The average molecular weight is 413 g/mol. The number of hydrogen-bond acceptors (Lipinski definition) is 7. The van der Waals surface area contributed by atoms with E-state index in [-0.39, 0.29) is 23.5 Å². The van der Waals surface area contributed by atoms with Gasteiger partial charge in [-0.1, -0.05) is 24.3 Å². The molecule has 29 heavy (non-hydrogen) atoms. The molecule has 0 bridgehead atoms. The second-order valence-electron chi connectivity index (χ2n) is 7.11. The second-order valence-corrected chi connectivity index (χ2v) is 8.11. The zero-order valence-corrected chi connectivity index (χ0v) is 17.0. The number of anilines is 1. The number of thiazole rings is 1. The van der Waals surface area contributed by atoms with Gasteiger partial charge >= 0.3 is 0 Å². The second kappa shape index (κ2) is 8.84. The molecule has 0 aromatic carbocycles. The van der Waals surface area contributed by atoms with Gasteiger partial charge in [0, 0.05) is 25.3 Å². The molecule has 2 aromatic rings. The average Bonchev–Trinajstić information content (AvgIpc) is 3.44. The molecule has 4 heterocycles. The van der Waals surface area contributed by atoms with Crippen LogP contribution in [0.3, 0.4) is 0 Å². The molecule has 2 aromatic heterocycles. The number of hydrogen-bond donors (Lipinski definition) is 1. The first-order chi connectivity index (χ1) is 14.2. The van der Waals surface area contributed by atoms with Crippen molar-refractivity contribution in [1.29, 1.82) is 0 Å². The van der Waals surface area contributed by atoms with Crippen molar-refractivity contribution < 1.29 is 18.7 Å². The van der Waals surface area contributed by atoms with Crippen LogP contribution < -0.4 is 5.32 Å². The maximum absolute atomic E-state index is 13.1. The first-order valence-corrected chi connectivity index (χ1v) is 10.7. The summed E-state index contributed by atoms with van der Waals surface area (Å²) in [5.41, 5.74) is 1.53. The van der Waals surface area contributed by atoms with Crippen LogP contribution in [-0.2, 0) is 9.53 Å². The topological polar surface area (TPSA) is 93.8 Å². The summed E-state index contributed by atoms with van der Waals surface area (Å²) in [6, 6.07) is 3.53. The Hall–Kier alpha value is -2.58. The molecule has 1 saturated heterocycles. The smallest absolute Gasteiger partial charge is 0.234 e. The van der Waals surface area contributed by atoms with Crippen LogP contribution in [0, 0.1) is 11.8 Å². The van der Waals surface area contributed by atoms with Crippen LogP contribution in [0.25, 0.3) is 11.5 Å². The van der Waals surface area contributed by atoms with E-state index in [1.54, 1.807) is 18.4 Å². The van der Waals surface area contributed by atoms with Gasteiger partial charge in [-0.15, -0.1) is 0 Å². The Balaban J connectivity index is 1.58. The number of Topliss-reactive ketones (excluding diaryl/α,β-unsaturated/α-hetero) is 1. The van der Waals surface area contributed by atoms with Crippen LogP contribution in [-0.4, -0.2) is 42.6 Å². The SMILES string of the molecule is CCC1=CC(C(=O)Nc2nc(-c3ccco3)c(C(=O)C3CCOCC3)s2)CN=C1. The molecule has 8 heteroatoms. The number of rotatable bonds is 6. The number of nitrogens with one attached hydrogen (secondary N) is 1. The largest absolute Gasteiger partial charge is 0.463 e. The van der Waals surface area contributed by atoms with E-state index in [2.05, 4.69) is 15.3 Å². The molecular formula is C21H23N3O4S. The monoisotopic (exact) mass is 413 g/mol. The minimum absolute atomic E-state index is 0.0353. The zero-order valence-electron chi connectivity index (χ0n) is 16.2. The van der Waals surface area contributed by atoms with Gasteiger partial charge in [0.05, 0.1) is 18.7 Å². The molecule has 0 aliphatic carbocycles. The minimum Gasteiger partial charge on any atom is -0.463 e. The van der Waals surface area contributed by atoms with E-state index < -0.39 is 0 Å². The Morgan fingerprint density at radius 1 is 1.31 bits per heavy atom. The summed E-state index contributed by atoms with van der Waals surface area (Å²) in [5, 5.41) is 3.27. The van der Waals surface area contributed by atoms with Crippen molar-refractivity contribution in [3.05, 3.63) is 34.9 Å². The number of aromatic nitrogens is 1. The van der Waals surface area contributed by atoms with E-state index in [4.69, 9.17) is 9.15 Å². The van der Waals surface area contributed by atoms with E-state index in [1.165, 1.54) is 11.3 Å². The molecule has 1 fully saturated rings. The molecular weight excluding hydrogens is 390 g/mol. The maximum Gasteiger partial charge on any atom is 0.234 e. The zero-order chi connectivity index (χ0) is 20.2. The number of nitrogens with zero attached hydrogens (tertiary/aromatic N) is 2. The van der Waals surface area contributed by atoms with Gasteiger partial charge in [-0.3, -0.25) is 14.6 Å². The molecule has 2 aliphatic rings. The lowest BCUT2D eigenvalue weighted by Gasteiger charge is -2.20. The lowest BCUT2D eigenvalue weighted by atomic mass is 9.94. The Morgan fingerprint density at radius 2 is 2.14 bits per heavy atom. The minimum atomic E-state index is -0.333. The molecule has 152 valence electrons. The third-order valence-electron chi connectivity index (χ3n) is 5.15. The van der Waals surface area contributed by atoms with E-state index in [0.717, 1.165) is 12.0 Å². The Labute approximate surface area is 172 Å². The summed E-state index contributed by atoms with van der Waals surface area (Å²) in [7, 11) is 0. The summed E-state index contributed by atoms with van der Waals surface area (Å²) in [6.45, 7) is 3.62. The van der Waals surface area contributed by atoms with Gasteiger partial charge < -0.3 is 14.5 Å². The fourth-order valence-electron chi connectivity index (χ4n) is 3.47. The summed E-state index contributed by atoms with van der Waals surface area (Å²) in [5.74, 6) is -0.0388. The number of dihydropyridines is 1. The first-order valence-electron chi connectivity index (χ1n) is 9.83. The predicted octanol–water partition coefficient (Wildman–Crippen LogP) is 3.99. The highest BCUT2D eigenvalue weighted by atomic mass is 32.1. The van der Waals surface area contributed by atoms with Crippen molar-refractivity contribution in [1.82, 2.24) is 4.98 Å². The number of allylic oxidation sites excluding steroid dienone is 1. The molecule has 0 radical (unpaired) electrons. The predicted molar refractivity (Wildman–Crippen MR) is 112 cm³/mol. The van der Waals surface area contributed by atoms with Gasteiger partial charge in [0.15, 0.2) is 16.7 Å². The van der Waals surface area contributed by atoms with Gasteiger partial charge in [0.2, 0.25) is 5.91 Å². The van der Waals surface area contributed by atoms with Crippen molar-refractivity contribution in [2.24, 2.45) is 16.8 Å². The van der Waals surface area contributed by atoms with Gasteiger partial charge in [0.1, 0.15) is 10.6 Å². The maximum atomic E-state index is 13.1. The van der Waals surface area contributed by atoms with Crippen LogP contribution in [0.1, 0.15) is 35.9 Å². The van der Waals surface area contributed by atoms with Crippen molar-refractivity contribution in [3.8, 4) is 11.5 Å². The number of ketones is 1. The first kappa shape index (κ1) is 19.7. The molecule has 1 N–H and O–H groups in total. The van der Waals surface area contributed by atoms with Gasteiger partial charge in [-0.2, -0.15) is 0 Å². The lowest BCUT2D eigenvalue weighted by molar-refractivity contribution is -0.118. The summed E-state index contributed by atoms with van der Waals surface area (Å²) in [6.07, 6.45) is 7.52. The van der Waals surface area contributed by atoms with Crippen molar-refractivity contribution in [3.63, 3.8) is 0 Å². The number of carbonyl (C=O) groups is 2. The summed E-state index contributed by atoms with van der Waals surface area (Å²) < 4.78 is 10.9. The molecule has 1 atom stereocenters. The van der Waals surface area contributed by atoms with Crippen molar-refractivity contribution in [2.45, 2.75) is 26.2 Å². The van der Waals surface area contributed by atoms with Crippen LogP contribution in [0.2, 0.25) is 0 Å². The number of ether oxygens (including phenoxy) is 1. The standard InChI is InChI=1S/C21H23N3O4S/c1-2-13-10-15(12-22-11-13)20(26)24-21-23-17(16-4-3-7-28-16)19(29-21)18(25)14-5-8-27-9-6-14/h3-4,7,10-11,14-15H,2,5-6,8-9,12H2,1H3,(H,23,24,26). The van der Waals surface area contributed by atoms with Gasteiger partial charge in [0.25, 0.3) is 0 Å². The number of aliphatic imine (C=N–C) groups is 1. The van der Waals surface area contributed by atoms with E-state index >= 15 is 0 Å². The third-order valence-corrected chi connectivity index (χ3v) is 6.13. The highest BCUT2D eigenvalue weighted by Crippen LogP contribution is 2.35.